The molecule has 2 aromatic rings. The lowest BCUT2D eigenvalue weighted by Crippen LogP contribution is -2.14. The summed E-state index contributed by atoms with van der Waals surface area (Å²) in [4.78, 5) is 3.81. The normalized spacial score (nSPS) is 10.9. The molecule has 7 nitrogen and oxygen atoms in total. The first-order valence-electron chi connectivity index (χ1n) is 5.05. The molecule has 0 radical (unpaired) electrons. The maximum Gasteiger partial charge on any atom is 0.265 e. The van der Waals surface area contributed by atoms with Crippen LogP contribution in [0.4, 0.5) is 10.8 Å². The number of nitrogen functional groups attached to an aromatic ring is 1. The lowest BCUT2D eigenvalue weighted by Gasteiger charge is -2.07. The quantitative estimate of drug-likeness (QED) is 0.818. The van der Waals surface area contributed by atoms with E-state index in [-0.39, 0.29) is 15.7 Å². The van der Waals surface area contributed by atoms with E-state index in [0.717, 1.165) is 11.5 Å². The van der Waals surface area contributed by atoms with E-state index in [1.807, 2.05) is 6.07 Å². The molecular weight excluding hydrogens is 286 g/mol. The minimum Gasteiger partial charge on any atom is -0.398 e. The molecule has 0 unspecified atom stereocenters. The van der Waals surface area contributed by atoms with Crippen molar-refractivity contribution in [1.82, 2.24) is 9.36 Å². The summed E-state index contributed by atoms with van der Waals surface area (Å²) in [6.45, 7) is 1.66. The van der Waals surface area contributed by atoms with Gasteiger partial charge in [-0.3, -0.25) is 4.72 Å². The van der Waals surface area contributed by atoms with Gasteiger partial charge < -0.3 is 5.73 Å². The van der Waals surface area contributed by atoms with Crippen molar-refractivity contribution >= 4 is 32.4 Å². The van der Waals surface area contributed by atoms with E-state index in [0.29, 0.717) is 11.4 Å². The third-order valence-electron chi connectivity index (χ3n) is 2.18. The number of nitrogens with one attached hydrogen (secondary N) is 1. The van der Waals surface area contributed by atoms with Crippen molar-refractivity contribution in [3.8, 4) is 6.07 Å². The molecule has 1 aromatic heterocycles. The number of nitrogens with zero attached hydrogens (tertiary/aromatic N) is 3. The van der Waals surface area contributed by atoms with Crippen LogP contribution in [0.1, 0.15) is 11.4 Å². The molecule has 1 aromatic carbocycles. The topological polar surface area (TPSA) is 122 Å². The molecule has 0 aliphatic heterocycles. The Hall–Kier alpha value is -2.18. The van der Waals surface area contributed by atoms with Gasteiger partial charge in [-0.05, 0) is 25.1 Å². The molecule has 0 saturated carbocycles. The van der Waals surface area contributed by atoms with Gasteiger partial charge in [-0.1, -0.05) is 0 Å². The monoisotopic (exact) mass is 295 g/mol. The maximum absolute atomic E-state index is 12.1. The second kappa shape index (κ2) is 4.83. The Morgan fingerprint density at radius 1 is 1.47 bits per heavy atom. The van der Waals surface area contributed by atoms with Crippen LogP contribution in [-0.2, 0) is 10.0 Å². The number of nitrogens with two attached hydrogens (primary N) is 1. The highest BCUT2D eigenvalue weighted by molar-refractivity contribution is 7.93. The van der Waals surface area contributed by atoms with Gasteiger partial charge in [-0.2, -0.15) is 9.64 Å². The third kappa shape index (κ3) is 2.81. The molecule has 19 heavy (non-hydrogen) atoms. The molecule has 9 heteroatoms. The van der Waals surface area contributed by atoms with Gasteiger partial charge in [0.05, 0.1) is 17.3 Å². The van der Waals surface area contributed by atoms with Gasteiger partial charge in [-0.15, -0.1) is 0 Å². The zero-order valence-corrected chi connectivity index (χ0v) is 11.4. The van der Waals surface area contributed by atoms with Gasteiger partial charge in [0, 0.05) is 11.5 Å². The van der Waals surface area contributed by atoms with Crippen molar-refractivity contribution in [1.29, 1.82) is 5.26 Å². The van der Waals surface area contributed by atoms with E-state index in [2.05, 4.69) is 14.1 Å². The zero-order valence-electron chi connectivity index (χ0n) is 9.78. The summed E-state index contributed by atoms with van der Waals surface area (Å²) in [6, 6.07) is 5.86. The number of aryl methyl sites for hydroxylation is 1. The molecule has 0 saturated heterocycles. The highest BCUT2D eigenvalue weighted by Crippen LogP contribution is 2.23. The van der Waals surface area contributed by atoms with Gasteiger partial charge in [0.15, 0.2) is 0 Å². The number of aromatic nitrogens is 2. The van der Waals surface area contributed by atoms with Gasteiger partial charge in [0.25, 0.3) is 10.0 Å². The van der Waals surface area contributed by atoms with Crippen LogP contribution < -0.4 is 10.5 Å². The number of anilines is 2. The minimum atomic E-state index is -3.83. The molecule has 0 spiro atoms. The van der Waals surface area contributed by atoms with E-state index in [4.69, 9.17) is 11.0 Å². The summed E-state index contributed by atoms with van der Waals surface area (Å²) < 4.78 is 30.4. The second-order valence-electron chi connectivity index (χ2n) is 3.62. The van der Waals surface area contributed by atoms with Crippen LogP contribution >= 0.6 is 11.5 Å². The van der Waals surface area contributed by atoms with Crippen molar-refractivity contribution in [3.05, 3.63) is 29.6 Å². The molecule has 98 valence electrons. The van der Waals surface area contributed by atoms with Gasteiger partial charge >= 0.3 is 0 Å². The molecule has 0 atom stereocenters. The summed E-state index contributed by atoms with van der Waals surface area (Å²) in [5.41, 5.74) is 5.94. The number of benzene rings is 1. The molecule has 0 aliphatic rings. The number of hydrogen-bond donors (Lipinski definition) is 2. The van der Waals surface area contributed by atoms with E-state index < -0.39 is 10.0 Å². The first-order chi connectivity index (χ1) is 8.92. The molecule has 1 heterocycles. The second-order valence-corrected chi connectivity index (χ2v) is 6.02. The van der Waals surface area contributed by atoms with Crippen LogP contribution in [0.5, 0.6) is 0 Å². The Bertz CT molecular complexity index is 760. The van der Waals surface area contributed by atoms with Crippen LogP contribution in [0, 0.1) is 18.3 Å². The van der Waals surface area contributed by atoms with Crippen molar-refractivity contribution in [2.24, 2.45) is 0 Å². The first kappa shape index (κ1) is 13.3. The summed E-state index contributed by atoms with van der Waals surface area (Å²) in [6.07, 6.45) is 0. The Kier molecular flexibility index (Phi) is 3.37. The molecule has 0 bridgehead atoms. The SMILES string of the molecule is Cc1nsc(NS(=O)(=O)c2ccc(C#N)cc2N)n1. The minimum absolute atomic E-state index is 0.00721. The average Bonchev–Trinajstić information content (AvgIpc) is 2.73. The lowest BCUT2D eigenvalue weighted by atomic mass is 10.2. The van der Waals surface area contributed by atoms with E-state index in [9.17, 15) is 8.42 Å². The fourth-order valence-corrected chi connectivity index (χ4v) is 3.28. The largest absolute Gasteiger partial charge is 0.398 e. The van der Waals surface area contributed by atoms with Crippen molar-refractivity contribution in [2.75, 3.05) is 10.5 Å². The molecule has 3 N–H and O–H groups in total. The lowest BCUT2D eigenvalue weighted by molar-refractivity contribution is 0.601. The predicted molar refractivity (Wildman–Crippen MR) is 71.0 cm³/mol. The third-order valence-corrected chi connectivity index (χ3v) is 4.44. The first-order valence-corrected chi connectivity index (χ1v) is 7.31. The van der Waals surface area contributed by atoms with Gasteiger partial charge in [0.1, 0.15) is 10.7 Å². The Balaban J connectivity index is 2.37. The Labute approximate surface area is 113 Å². The summed E-state index contributed by atoms with van der Waals surface area (Å²) in [7, 11) is -3.83. The fraction of sp³-hybridized carbons (Fsp3) is 0.100. The highest BCUT2D eigenvalue weighted by Gasteiger charge is 2.19. The number of nitriles is 1. The zero-order chi connectivity index (χ0) is 14.0. The van der Waals surface area contributed by atoms with Crippen LogP contribution in [0.2, 0.25) is 0 Å². The van der Waals surface area contributed by atoms with Crippen LogP contribution in [-0.4, -0.2) is 17.8 Å². The Morgan fingerprint density at radius 3 is 2.74 bits per heavy atom. The highest BCUT2D eigenvalue weighted by atomic mass is 32.2. The van der Waals surface area contributed by atoms with Crippen LogP contribution in [0.25, 0.3) is 0 Å². The average molecular weight is 295 g/mol. The van der Waals surface area contributed by atoms with Crippen LogP contribution in [0.15, 0.2) is 23.1 Å². The number of hydrogen-bond acceptors (Lipinski definition) is 7. The summed E-state index contributed by atoms with van der Waals surface area (Å²) in [5, 5.41) is 8.87. The van der Waals surface area contributed by atoms with Gasteiger partial charge in [-0.25, -0.2) is 13.4 Å². The molecule has 0 amide bonds. The van der Waals surface area contributed by atoms with Crippen molar-refractivity contribution in [3.63, 3.8) is 0 Å². The smallest absolute Gasteiger partial charge is 0.265 e. The fourth-order valence-electron chi connectivity index (χ4n) is 1.37. The van der Waals surface area contributed by atoms with Crippen LogP contribution in [0.3, 0.4) is 0 Å². The van der Waals surface area contributed by atoms with Gasteiger partial charge in [0.2, 0.25) is 5.13 Å². The summed E-state index contributed by atoms with van der Waals surface area (Å²) >= 11 is 0.940. The van der Waals surface area contributed by atoms with E-state index in [1.54, 1.807) is 6.92 Å². The molecule has 0 fully saturated rings. The number of rotatable bonds is 3. The Morgan fingerprint density at radius 2 is 2.21 bits per heavy atom. The van der Waals surface area contributed by atoms with Crippen molar-refractivity contribution in [2.45, 2.75) is 11.8 Å². The van der Waals surface area contributed by atoms with E-state index >= 15 is 0 Å². The van der Waals surface area contributed by atoms with E-state index in [1.165, 1.54) is 18.2 Å². The predicted octanol–water partition coefficient (Wildman–Crippen LogP) is 1.10. The molecule has 0 aliphatic carbocycles. The number of sulfonamides is 1. The maximum atomic E-state index is 12.1. The van der Waals surface area contributed by atoms with Crippen molar-refractivity contribution < 1.29 is 8.42 Å². The molecule has 2 rings (SSSR count). The standard InChI is InChI=1S/C10H9N5O2S2/c1-6-13-10(18-14-6)15-19(16,17)9-3-2-7(5-11)4-8(9)12/h2-4H,12H2,1H3,(H,13,14,15). The molecular formula is C10H9N5O2S2. The summed E-state index contributed by atoms with van der Waals surface area (Å²) in [5.74, 6) is 0.482.